The van der Waals surface area contributed by atoms with Crippen LogP contribution in [0.2, 0.25) is 0 Å². The lowest BCUT2D eigenvalue weighted by atomic mass is 10.3. The quantitative estimate of drug-likeness (QED) is 0.468. The van der Waals surface area contributed by atoms with E-state index in [-0.39, 0.29) is 11.0 Å². The highest BCUT2D eigenvalue weighted by Crippen LogP contribution is 1.95. The van der Waals surface area contributed by atoms with Crippen LogP contribution in [0.3, 0.4) is 0 Å². The summed E-state index contributed by atoms with van der Waals surface area (Å²) in [5, 5.41) is 8.51. The van der Waals surface area contributed by atoms with Gasteiger partial charge < -0.3 is 0 Å². The van der Waals surface area contributed by atoms with E-state index in [4.69, 9.17) is 9.76 Å². The summed E-state index contributed by atoms with van der Waals surface area (Å²) in [5.41, 5.74) is 0. The van der Waals surface area contributed by atoms with Crippen molar-refractivity contribution >= 4 is 10.3 Å². The van der Waals surface area contributed by atoms with Gasteiger partial charge in [0, 0.05) is 6.54 Å². The van der Waals surface area contributed by atoms with Crippen LogP contribution >= 0.6 is 0 Å². The summed E-state index contributed by atoms with van der Waals surface area (Å²) in [6.07, 6.45) is 1.28. The number of rotatable bonds is 4. The van der Waals surface area contributed by atoms with Crippen molar-refractivity contribution < 1.29 is 18.2 Å². The zero-order valence-corrected chi connectivity index (χ0v) is 6.50. The van der Waals surface area contributed by atoms with Crippen LogP contribution in [0.15, 0.2) is 0 Å². The molecule has 0 aromatic rings. The summed E-state index contributed by atoms with van der Waals surface area (Å²) in [6, 6.07) is 0. The Morgan fingerprint density at radius 1 is 1.50 bits per heavy atom. The van der Waals surface area contributed by atoms with Gasteiger partial charge in [0.05, 0.1) is 0 Å². The number of nitrogens with zero attached hydrogens (tertiary/aromatic N) is 1. The zero-order valence-electron chi connectivity index (χ0n) is 5.69. The molecule has 10 heavy (non-hydrogen) atoms. The minimum Gasteiger partial charge on any atom is -0.298 e. The molecule has 0 aliphatic rings. The predicted molar refractivity (Wildman–Crippen MR) is 34.9 cm³/mol. The number of hydrogen-bond donors (Lipinski definition) is 2. The van der Waals surface area contributed by atoms with Crippen molar-refractivity contribution in [3.05, 3.63) is 0 Å². The lowest BCUT2D eigenvalue weighted by molar-refractivity contribution is -0.00750. The predicted octanol–water partition coefficient (Wildman–Crippen LogP) is 0.281. The largest absolute Gasteiger partial charge is 0.358 e. The van der Waals surface area contributed by atoms with Gasteiger partial charge in [-0.25, -0.2) is 0 Å². The van der Waals surface area contributed by atoms with Gasteiger partial charge >= 0.3 is 10.3 Å². The molecule has 0 atom stereocenters. The molecule has 0 radical (unpaired) electrons. The van der Waals surface area contributed by atoms with Gasteiger partial charge in [-0.05, 0) is 6.42 Å². The van der Waals surface area contributed by atoms with Crippen LogP contribution in [0.1, 0.15) is 19.8 Å². The molecule has 0 spiro atoms. The van der Waals surface area contributed by atoms with E-state index < -0.39 is 10.3 Å². The summed E-state index contributed by atoms with van der Waals surface area (Å²) in [5.74, 6) is 0. The van der Waals surface area contributed by atoms with Gasteiger partial charge in [0.15, 0.2) is 0 Å². The van der Waals surface area contributed by atoms with E-state index in [1.807, 2.05) is 6.92 Å². The van der Waals surface area contributed by atoms with Crippen LogP contribution < -0.4 is 0 Å². The summed E-state index contributed by atoms with van der Waals surface area (Å²) in [7, 11) is -4.39. The molecule has 0 aromatic carbocycles. The summed E-state index contributed by atoms with van der Waals surface area (Å²) >= 11 is 0. The molecule has 6 heteroatoms. The van der Waals surface area contributed by atoms with Crippen LogP contribution in [0.5, 0.6) is 0 Å². The van der Waals surface area contributed by atoms with Crippen molar-refractivity contribution in [3.8, 4) is 0 Å². The lowest BCUT2D eigenvalue weighted by Gasteiger charge is -2.08. The first-order chi connectivity index (χ1) is 4.48. The van der Waals surface area contributed by atoms with Crippen molar-refractivity contribution in [2.45, 2.75) is 19.8 Å². The molecule has 0 amide bonds. The first kappa shape index (κ1) is 9.83. The fraction of sp³-hybridized carbons (Fsp3) is 1.00. The molecule has 0 fully saturated rings. The molecule has 0 saturated heterocycles. The third-order valence-electron chi connectivity index (χ3n) is 0.969. The molecule has 0 unspecified atom stereocenters. The van der Waals surface area contributed by atoms with Gasteiger partial charge in [-0.3, -0.25) is 9.76 Å². The van der Waals surface area contributed by atoms with E-state index in [0.717, 1.165) is 6.42 Å². The fourth-order valence-corrected chi connectivity index (χ4v) is 0.769. The molecule has 0 aromatic heterocycles. The highest BCUT2D eigenvalue weighted by molar-refractivity contribution is 7.83. The molecule has 62 valence electrons. The Morgan fingerprint density at radius 2 is 2.00 bits per heavy atom. The Labute approximate surface area is 60.1 Å². The molecule has 2 N–H and O–H groups in total. The van der Waals surface area contributed by atoms with E-state index in [2.05, 4.69) is 0 Å². The fourth-order valence-electron chi connectivity index (χ4n) is 0.409. The van der Waals surface area contributed by atoms with Crippen LogP contribution in [0.25, 0.3) is 0 Å². The van der Waals surface area contributed by atoms with E-state index in [1.165, 1.54) is 0 Å². The first-order valence-electron chi connectivity index (χ1n) is 2.92. The third kappa shape index (κ3) is 3.78. The third-order valence-corrected chi connectivity index (χ3v) is 1.68. The average molecular weight is 169 g/mol. The maximum absolute atomic E-state index is 10.1. The standard InChI is InChI=1S/C4H11NO4S/c1-2-3-4-5(6)10(7,8)9/h6H,2-4H2,1H3,(H,7,8,9). The highest BCUT2D eigenvalue weighted by Gasteiger charge is 2.13. The maximum atomic E-state index is 10.1. The Balaban J connectivity index is 3.75. The van der Waals surface area contributed by atoms with E-state index in [1.54, 1.807) is 0 Å². The van der Waals surface area contributed by atoms with Crippen LogP contribution in [-0.4, -0.2) is 29.2 Å². The normalized spacial score (nSPS) is 12.4. The second kappa shape index (κ2) is 3.87. The SMILES string of the molecule is CCCCN(O)S(=O)(=O)O. The highest BCUT2D eigenvalue weighted by atomic mass is 32.2. The molecule has 5 nitrogen and oxygen atoms in total. The molecule has 0 aliphatic heterocycles. The zero-order chi connectivity index (χ0) is 8.20. The number of unbranched alkanes of at least 4 members (excludes halogenated alkanes) is 1. The topological polar surface area (TPSA) is 77.8 Å². The minimum absolute atomic E-state index is 0.0602. The Bertz CT molecular complexity index is 176. The van der Waals surface area contributed by atoms with E-state index >= 15 is 0 Å². The van der Waals surface area contributed by atoms with Crippen molar-refractivity contribution in [1.82, 2.24) is 4.47 Å². The lowest BCUT2D eigenvalue weighted by Crippen LogP contribution is -2.27. The van der Waals surface area contributed by atoms with Crippen molar-refractivity contribution in [3.63, 3.8) is 0 Å². The Hall–Kier alpha value is -0.170. The summed E-state index contributed by atoms with van der Waals surface area (Å²) in [6.45, 7) is 1.78. The maximum Gasteiger partial charge on any atom is 0.358 e. The molecule has 0 saturated carbocycles. The van der Waals surface area contributed by atoms with Gasteiger partial charge in [-0.2, -0.15) is 8.42 Å². The molecule has 0 aliphatic carbocycles. The summed E-state index contributed by atoms with van der Waals surface area (Å²) in [4.78, 5) is 0. The summed E-state index contributed by atoms with van der Waals surface area (Å²) < 4.78 is 28.2. The van der Waals surface area contributed by atoms with Crippen molar-refractivity contribution in [2.24, 2.45) is 0 Å². The van der Waals surface area contributed by atoms with Crippen molar-refractivity contribution in [2.75, 3.05) is 6.54 Å². The van der Waals surface area contributed by atoms with E-state index in [0.29, 0.717) is 6.42 Å². The first-order valence-corrected chi connectivity index (χ1v) is 4.32. The molecule has 0 rings (SSSR count). The van der Waals surface area contributed by atoms with Crippen LogP contribution in [-0.2, 0) is 10.3 Å². The minimum atomic E-state index is -4.39. The Kier molecular flexibility index (Phi) is 3.80. The average Bonchev–Trinajstić information content (AvgIpc) is 1.80. The molecular weight excluding hydrogens is 158 g/mol. The van der Waals surface area contributed by atoms with E-state index in [9.17, 15) is 8.42 Å². The van der Waals surface area contributed by atoms with Crippen molar-refractivity contribution in [1.29, 1.82) is 0 Å². The van der Waals surface area contributed by atoms with Gasteiger partial charge in [-0.15, -0.1) is 0 Å². The van der Waals surface area contributed by atoms with Gasteiger partial charge in [-0.1, -0.05) is 17.8 Å². The molecule has 0 bridgehead atoms. The second-order valence-corrected chi connectivity index (χ2v) is 3.19. The smallest absolute Gasteiger partial charge is 0.298 e. The molecule has 0 heterocycles. The second-order valence-electron chi connectivity index (χ2n) is 1.88. The van der Waals surface area contributed by atoms with Gasteiger partial charge in [0.25, 0.3) is 0 Å². The monoisotopic (exact) mass is 169 g/mol. The molecular formula is C4H11NO4S. The van der Waals surface area contributed by atoms with Crippen LogP contribution in [0.4, 0.5) is 0 Å². The van der Waals surface area contributed by atoms with Crippen LogP contribution in [0, 0.1) is 0 Å². The Morgan fingerprint density at radius 3 is 2.30 bits per heavy atom. The van der Waals surface area contributed by atoms with Gasteiger partial charge in [0.2, 0.25) is 0 Å². The number of hydrogen-bond acceptors (Lipinski definition) is 3. The number of hydroxylamine groups is 1. The van der Waals surface area contributed by atoms with Gasteiger partial charge in [0.1, 0.15) is 0 Å².